The zero-order chi connectivity index (χ0) is 18.6. The molecule has 6 nitrogen and oxygen atoms in total. The summed E-state index contributed by atoms with van der Waals surface area (Å²) >= 11 is 0. The van der Waals surface area contributed by atoms with Crippen LogP contribution >= 0.6 is 0 Å². The summed E-state index contributed by atoms with van der Waals surface area (Å²) in [5, 5.41) is 0. The van der Waals surface area contributed by atoms with Gasteiger partial charge in [-0.3, -0.25) is 4.79 Å². The highest BCUT2D eigenvalue weighted by molar-refractivity contribution is 7.89. The van der Waals surface area contributed by atoms with Crippen LogP contribution < -0.4 is 0 Å². The monoisotopic (exact) mass is 380 g/mol. The second kappa shape index (κ2) is 8.50. The van der Waals surface area contributed by atoms with Crippen molar-refractivity contribution in [3.63, 3.8) is 0 Å². The van der Waals surface area contributed by atoms with Crippen LogP contribution in [0.3, 0.4) is 0 Å². The molecule has 1 aromatic carbocycles. The molecule has 0 N–H and O–H groups in total. The van der Waals surface area contributed by atoms with Gasteiger partial charge in [0, 0.05) is 45.8 Å². The lowest BCUT2D eigenvalue weighted by atomic mass is 10.1. The number of amides is 1. The Morgan fingerprint density at radius 3 is 2.58 bits per heavy atom. The van der Waals surface area contributed by atoms with Crippen molar-refractivity contribution in [3.8, 4) is 0 Å². The molecular formula is C19H28N2O4S. The van der Waals surface area contributed by atoms with Gasteiger partial charge in [-0.05, 0) is 55.9 Å². The molecule has 1 fully saturated rings. The van der Waals surface area contributed by atoms with Crippen molar-refractivity contribution >= 4 is 15.9 Å². The van der Waals surface area contributed by atoms with E-state index in [2.05, 4.69) is 0 Å². The van der Waals surface area contributed by atoms with Crippen LogP contribution in [-0.4, -0.2) is 62.9 Å². The molecule has 2 aliphatic rings. The molecule has 0 unspecified atom stereocenters. The number of hydrogen-bond acceptors (Lipinski definition) is 4. The molecule has 0 aromatic heterocycles. The van der Waals surface area contributed by atoms with Crippen molar-refractivity contribution in [1.82, 2.24) is 9.21 Å². The number of piperazine rings is 1. The number of hydrogen-bond donors (Lipinski definition) is 0. The lowest BCUT2D eigenvalue weighted by Crippen LogP contribution is -2.50. The molecular weight excluding hydrogens is 352 g/mol. The summed E-state index contributed by atoms with van der Waals surface area (Å²) in [5.41, 5.74) is 2.43. The van der Waals surface area contributed by atoms with Crippen molar-refractivity contribution in [2.75, 3.05) is 39.4 Å². The van der Waals surface area contributed by atoms with E-state index >= 15 is 0 Å². The third-order valence-corrected chi connectivity index (χ3v) is 7.08. The van der Waals surface area contributed by atoms with Crippen molar-refractivity contribution in [3.05, 3.63) is 29.3 Å². The summed E-state index contributed by atoms with van der Waals surface area (Å²) < 4.78 is 32.6. The first-order chi connectivity index (χ1) is 12.5. The minimum absolute atomic E-state index is 0.0827. The number of nitrogens with zero attached hydrogens (tertiary/aromatic N) is 2. The fourth-order valence-electron chi connectivity index (χ4n) is 3.66. The Labute approximate surface area is 156 Å². The maximum atomic E-state index is 12.9. The fourth-order valence-corrected chi connectivity index (χ4v) is 5.14. The smallest absolute Gasteiger partial charge is 0.243 e. The van der Waals surface area contributed by atoms with Crippen LogP contribution in [0.15, 0.2) is 23.1 Å². The van der Waals surface area contributed by atoms with E-state index in [0.717, 1.165) is 24.8 Å². The Morgan fingerprint density at radius 2 is 1.85 bits per heavy atom. The van der Waals surface area contributed by atoms with E-state index in [1.807, 2.05) is 19.1 Å². The van der Waals surface area contributed by atoms with Gasteiger partial charge >= 0.3 is 0 Å². The first kappa shape index (κ1) is 19.3. The number of sulfonamides is 1. The van der Waals surface area contributed by atoms with Gasteiger partial charge in [0.2, 0.25) is 15.9 Å². The van der Waals surface area contributed by atoms with Crippen molar-refractivity contribution in [2.24, 2.45) is 0 Å². The van der Waals surface area contributed by atoms with Gasteiger partial charge in [0.1, 0.15) is 0 Å². The first-order valence-corrected chi connectivity index (χ1v) is 10.9. The van der Waals surface area contributed by atoms with Crippen LogP contribution in [0.1, 0.15) is 37.3 Å². The molecule has 7 heteroatoms. The van der Waals surface area contributed by atoms with Gasteiger partial charge in [-0.25, -0.2) is 8.42 Å². The Hall–Kier alpha value is -1.44. The lowest BCUT2D eigenvalue weighted by molar-refractivity contribution is -0.132. The highest BCUT2D eigenvalue weighted by atomic mass is 32.2. The normalized spacial score (nSPS) is 18.1. The SMILES string of the molecule is CCOCCCC(=O)N1CCN(S(=O)(=O)c2ccc3c(c2)CCC3)CC1. The number of fused-ring (bicyclic) bond motifs is 1. The van der Waals surface area contributed by atoms with Crippen LogP contribution in [-0.2, 0) is 32.4 Å². The molecule has 1 aromatic rings. The van der Waals surface area contributed by atoms with Crippen LogP contribution in [0.2, 0.25) is 0 Å². The summed E-state index contributed by atoms with van der Waals surface area (Å²) in [7, 11) is -3.48. The molecule has 0 spiro atoms. The maximum Gasteiger partial charge on any atom is 0.243 e. The Morgan fingerprint density at radius 1 is 1.12 bits per heavy atom. The molecule has 3 rings (SSSR count). The largest absolute Gasteiger partial charge is 0.382 e. The predicted octanol–water partition coefficient (Wildman–Crippen LogP) is 1.82. The van der Waals surface area contributed by atoms with Crippen LogP contribution in [0.25, 0.3) is 0 Å². The van der Waals surface area contributed by atoms with E-state index < -0.39 is 10.0 Å². The molecule has 1 aliphatic carbocycles. The standard InChI is InChI=1S/C19H28N2O4S/c1-2-25-14-4-7-19(22)20-10-12-21(13-11-20)26(23,24)18-9-8-16-5-3-6-17(16)15-18/h8-9,15H,2-7,10-14H2,1H3. The third kappa shape index (κ3) is 4.27. The molecule has 144 valence electrons. The molecule has 0 saturated carbocycles. The molecule has 1 heterocycles. The summed E-state index contributed by atoms with van der Waals surface area (Å²) in [5.74, 6) is 0.0827. The summed E-state index contributed by atoms with van der Waals surface area (Å²) in [4.78, 5) is 14.4. The molecule has 0 atom stereocenters. The number of aryl methyl sites for hydroxylation is 2. The van der Waals surface area contributed by atoms with Gasteiger partial charge in [-0.2, -0.15) is 4.31 Å². The average Bonchev–Trinajstić information content (AvgIpc) is 3.13. The third-order valence-electron chi connectivity index (χ3n) is 5.18. The second-order valence-corrected chi connectivity index (χ2v) is 8.81. The van der Waals surface area contributed by atoms with E-state index in [4.69, 9.17) is 4.74 Å². The minimum atomic E-state index is -3.48. The topological polar surface area (TPSA) is 66.9 Å². The fraction of sp³-hybridized carbons (Fsp3) is 0.632. The average molecular weight is 381 g/mol. The van der Waals surface area contributed by atoms with E-state index in [0.29, 0.717) is 57.1 Å². The summed E-state index contributed by atoms with van der Waals surface area (Å²) in [6.07, 6.45) is 4.27. The Kier molecular flexibility index (Phi) is 6.32. The van der Waals surface area contributed by atoms with Gasteiger partial charge in [0.05, 0.1) is 4.90 Å². The first-order valence-electron chi connectivity index (χ1n) is 9.50. The van der Waals surface area contributed by atoms with Crippen LogP contribution in [0, 0.1) is 0 Å². The highest BCUT2D eigenvalue weighted by Crippen LogP contribution is 2.26. The van der Waals surface area contributed by atoms with Gasteiger partial charge in [-0.15, -0.1) is 0 Å². The van der Waals surface area contributed by atoms with E-state index in [-0.39, 0.29) is 5.91 Å². The number of benzene rings is 1. The molecule has 1 aliphatic heterocycles. The Bertz CT molecular complexity index is 740. The van der Waals surface area contributed by atoms with Crippen molar-refractivity contribution < 1.29 is 17.9 Å². The van der Waals surface area contributed by atoms with E-state index in [1.165, 1.54) is 9.87 Å². The maximum absolute atomic E-state index is 12.9. The number of rotatable bonds is 7. The quantitative estimate of drug-likeness (QED) is 0.677. The number of ether oxygens (including phenoxy) is 1. The van der Waals surface area contributed by atoms with E-state index in [1.54, 1.807) is 11.0 Å². The highest BCUT2D eigenvalue weighted by Gasteiger charge is 2.30. The van der Waals surface area contributed by atoms with Crippen molar-refractivity contribution in [1.29, 1.82) is 0 Å². The summed E-state index contributed by atoms with van der Waals surface area (Å²) in [6, 6.07) is 5.51. The van der Waals surface area contributed by atoms with E-state index in [9.17, 15) is 13.2 Å². The van der Waals surface area contributed by atoms with Gasteiger partial charge < -0.3 is 9.64 Å². The van der Waals surface area contributed by atoms with Crippen LogP contribution in [0.5, 0.6) is 0 Å². The Balaban J connectivity index is 1.56. The lowest BCUT2D eigenvalue weighted by Gasteiger charge is -2.34. The number of carbonyl (C=O) groups is 1. The minimum Gasteiger partial charge on any atom is -0.382 e. The van der Waals surface area contributed by atoms with Gasteiger partial charge in [0.25, 0.3) is 0 Å². The molecule has 26 heavy (non-hydrogen) atoms. The van der Waals surface area contributed by atoms with Gasteiger partial charge in [0.15, 0.2) is 0 Å². The molecule has 1 amide bonds. The zero-order valence-electron chi connectivity index (χ0n) is 15.4. The molecule has 0 bridgehead atoms. The van der Waals surface area contributed by atoms with Crippen LogP contribution in [0.4, 0.5) is 0 Å². The second-order valence-electron chi connectivity index (χ2n) is 6.87. The molecule has 0 radical (unpaired) electrons. The predicted molar refractivity (Wildman–Crippen MR) is 99.5 cm³/mol. The van der Waals surface area contributed by atoms with Gasteiger partial charge in [-0.1, -0.05) is 6.07 Å². The zero-order valence-corrected chi connectivity index (χ0v) is 16.3. The summed E-state index contributed by atoms with van der Waals surface area (Å²) in [6.45, 7) is 4.81. The number of carbonyl (C=O) groups excluding carboxylic acids is 1. The molecule has 1 saturated heterocycles. The van der Waals surface area contributed by atoms with Crippen molar-refractivity contribution in [2.45, 2.75) is 43.9 Å².